The fourth-order valence-electron chi connectivity index (χ4n) is 2.36. The van der Waals surface area contributed by atoms with E-state index in [4.69, 9.17) is 4.74 Å². The van der Waals surface area contributed by atoms with Crippen LogP contribution in [-0.2, 0) is 16.8 Å². The number of hydrogen-bond donors (Lipinski definition) is 1. The number of amides is 1. The molecule has 2 aromatic rings. The van der Waals surface area contributed by atoms with Crippen LogP contribution in [-0.4, -0.2) is 12.5 Å². The molecule has 0 saturated carbocycles. The zero-order valence-corrected chi connectivity index (χ0v) is 14.8. The Labute approximate surface area is 145 Å². The number of ether oxygens (including phenoxy) is 1. The summed E-state index contributed by atoms with van der Waals surface area (Å²) in [6, 6.07) is 18.1. The van der Waals surface area contributed by atoms with E-state index < -0.39 is 0 Å². The van der Waals surface area contributed by atoms with Crippen LogP contribution in [0.15, 0.2) is 54.6 Å². The standard InChI is InChI=1S/C21H27NO2/c1-21(2,3)18-11-13-19(14-12-18)24-15-7-10-20(23)22-16-17-8-5-4-6-9-17/h4-6,8-9,11-14H,7,10,15-16H2,1-3H3,(H,22,23). The fourth-order valence-corrected chi connectivity index (χ4v) is 2.36. The molecule has 0 fully saturated rings. The Morgan fingerprint density at radius 2 is 1.67 bits per heavy atom. The third kappa shape index (κ3) is 6.07. The van der Waals surface area contributed by atoms with E-state index in [1.54, 1.807) is 0 Å². The van der Waals surface area contributed by atoms with Gasteiger partial charge in [0.15, 0.2) is 0 Å². The summed E-state index contributed by atoms with van der Waals surface area (Å²) in [6.45, 7) is 7.70. The average molecular weight is 325 g/mol. The highest BCUT2D eigenvalue weighted by Gasteiger charge is 2.12. The maximum atomic E-state index is 11.8. The summed E-state index contributed by atoms with van der Waals surface area (Å²) in [5, 5.41) is 2.93. The average Bonchev–Trinajstić information content (AvgIpc) is 2.57. The van der Waals surface area contributed by atoms with Gasteiger partial charge in [-0.25, -0.2) is 0 Å². The van der Waals surface area contributed by atoms with E-state index in [1.807, 2.05) is 42.5 Å². The second kappa shape index (κ2) is 8.53. The second-order valence-electron chi connectivity index (χ2n) is 6.99. The van der Waals surface area contributed by atoms with Crippen molar-refractivity contribution in [3.63, 3.8) is 0 Å². The molecule has 0 heterocycles. The minimum absolute atomic E-state index is 0.0607. The van der Waals surface area contributed by atoms with Crippen molar-refractivity contribution in [3.8, 4) is 5.75 Å². The number of hydrogen-bond acceptors (Lipinski definition) is 2. The van der Waals surface area contributed by atoms with Crippen LogP contribution >= 0.6 is 0 Å². The molecule has 24 heavy (non-hydrogen) atoms. The van der Waals surface area contributed by atoms with Crippen LogP contribution in [0, 0.1) is 0 Å². The lowest BCUT2D eigenvalue weighted by Gasteiger charge is -2.19. The predicted molar refractivity (Wildman–Crippen MR) is 98.2 cm³/mol. The van der Waals surface area contributed by atoms with Gasteiger partial charge in [-0.1, -0.05) is 63.2 Å². The van der Waals surface area contributed by atoms with Gasteiger partial charge in [-0.2, -0.15) is 0 Å². The van der Waals surface area contributed by atoms with E-state index in [1.165, 1.54) is 5.56 Å². The molecule has 0 aliphatic rings. The van der Waals surface area contributed by atoms with Crippen molar-refractivity contribution in [2.75, 3.05) is 6.61 Å². The topological polar surface area (TPSA) is 38.3 Å². The number of benzene rings is 2. The summed E-state index contributed by atoms with van der Waals surface area (Å²) in [5.41, 5.74) is 2.55. The van der Waals surface area contributed by atoms with Crippen molar-refractivity contribution >= 4 is 5.91 Å². The quantitative estimate of drug-likeness (QED) is 0.763. The summed E-state index contributed by atoms with van der Waals surface area (Å²) in [5.74, 6) is 0.915. The molecule has 0 aliphatic carbocycles. The maximum Gasteiger partial charge on any atom is 0.220 e. The SMILES string of the molecule is CC(C)(C)c1ccc(OCCCC(=O)NCc2ccccc2)cc1. The molecule has 0 aliphatic heterocycles. The first kappa shape index (κ1) is 18.1. The van der Waals surface area contributed by atoms with Crippen molar-refractivity contribution in [2.45, 2.75) is 45.6 Å². The Hall–Kier alpha value is -2.29. The lowest BCUT2D eigenvalue weighted by Crippen LogP contribution is -2.22. The Balaban J connectivity index is 1.64. The minimum atomic E-state index is 0.0607. The van der Waals surface area contributed by atoms with E-state index in [0.29, 0.717) is 26.0 Å². The third-order valence-corrected chi connectivity index (χ3v) is 3.87. The van der Waals surface area contributed by atoms with Crippen LogP contribution in [0.2, 0.25) is 0 Å². The van der Waals surface area contributed by atoms with Crippen LogP contribution in [0.3, 0.4) is 0 Å². The highest BCUT2D eigenvalue weighted by atomic mass is 16.5. The van der Waals surface area contributed by atoms with Gasteiger partial charge in [0.2, 0.25) is 5.91 Å². The summed E-state index contributed by atoms with van der Waals surface area (Å²) >= 11 is 0. The molecular formula is C21H27NO2. The molecule has 1 N–H and O–H groups in total. The molecule has 0 aromatic heterocycles. The van der Waals surface area contributed by atoms with Crippen LogP contribution in [0.25, 0.3) is 0 Å². The van der Waals surface area contributed by atoms with Crippen LogP contribution < -0.4 is 10.1 Å². The number of nitrogens with one attached hydrogen (secondary N) is 1. The monoisotopic (exact) mass is 325 g/mol. The summed E-state index contributed by atoms with van der Waals surface area (Å²) < 4.78 is 5.71. The first-order chi connectivity index (χ1) is 11.4. The lowest BCUT2D eigenvalue weighted by atomic mass is 9.87. The van der Waals surface area contributed by atoms with Crippen molar-refractivity contribution in [1.82, 2.24) is 5.32 Å². The number of carbonyl (C=O) groups is 1. The van der Waals surface area contributed by atoms with Gasteiger partial charge in [0.05, 0.1) is 6.61 Å². The largest absolute Gasteiger partial charge is 0.494 e. The molecule has 0 spiro atoms. The number of rotatable bonds is 7. The summed E-state index contributed by atoms with van der Waals surface area (Å²) in [6.07, 6.45) is 1.19. The first-order valence-corrected chi connectivity index (χ1v) is 8.49. The Kier molecular flexibility index (Phi) is 6.42. The summed E-state index contributed by atoms with van der Waals surface area (Å²) in [4.78, 5) is 11.8. The van der Waals surface area contributed by atoms with Gasteiger partial charge in [-0.15, -0.1) is 0 Å². The molecule has 0 radical (unpaired) electrons. The highest BCUT2D eigenvalue weighted by Crippen LogP contribution is 2.24. The van der Waals surface area contributed by atoms with Gasteiger partial charge >= 0.3 is 0 Å². The predicted octanol–water partition coefficient (Wildman–Crippen LogP) is 4.46. The molecule has 1 amide bonds. The van der Waals surface area contributed by atoms with E-state index >= 15 is 0 Å². The molecule has 0 unspecified atom stereocenters. The Morgan fingerprint density at radius 3 is 2.29 bits per heavy atom. The number of carbonyl (C=O) groups excluding carboxylic acids is 1. The van der Waals surface area contributed by atoms with Gasteiger partial charge in [-0.3, -0.25) is 4.79 Å². The van der Waals surface area contributed by atoms with Crippen molar-refractivity contribution in [3.05, 3.63) is 65.7 Å². The first-order valence-electron chi connectivity index (χ1n) is 8.49. The van der Waals surface area contributed by atoms with Crippen LogP contribution in [0.5, 0.6) is 5.75 Å². The molecule has 2 rings (SSSR count). The van der Waals surface area contributed by atoms with E-state index in [0.717, 1.165) is 11.3 Å². The van der Waals surface area contributed by atoms with Gasteiger partial charge in [0.25, 0.3) is 0 Å². The molecule has 3 heteroatoms. The molecular weight excluding hydrogens is 298 g/mol. The van der Waals surface area contributed by atoms with Gasteiger partial charge in [0.1, 0.15) is 5.75 Å². The Morgan fingerprint density at radius 1 is 1.00 bits per heavy atom. The molecule has 2 aromatic carbocycles. The third-order valence-electron chi connectivity index (χ3n) is 3.87. The lowest BCUT2D eigenvalue weighted by molar-refractivity contribution is -0.121. The molecule has 128 valence electrons. The van der Waals surface area contributed by atoms with Crippen LogP contribution in [0.1, 0.15) is 44.7 Å². The zero-order valence-electron chi connectivity index (χ0n) is 14.8. The van der Waals surface area contributed by atoms with Crippen molar-refractivity contribution in [2.24, 2.45) is 0 Å². The molecule has 0 bridgehead atoms. The van der Waals surface area contributed by atoms with Gasteiger partial charge in [0, 0.05) is 13.0 Å². The van der Waals surface area contributed by atoms with Crippen molar-refractivity contribution < 1.29 is 9.53 Å². The second-order valence-corrected chi connectivity index (χ2v) is 6.99. The summed E-state index contributed by atoms with van der Waals surface area (Å²) in [7, 11) is 0. The molecule has 0 saturated heterocycles. The molecule has 3 nitrogen and oxygen atoms in total. The minimum Gasteiger partial charge on any atom is -0.494 e. The fraction of sp³-hybridized carbons (Fsp3) is 0.381. The highest BCUT2D eigenvalue weighted by molar-refractivity contribution is 5.75. The van der Waals surface area contributed by atoms with E-state index in [9.17, 15) is 4.79 Å². The van der Waals surface area contributed by atoms with Gasteiger partial charge < -0.3 is 10.1 Å². The normalized spacial score (nSPS) is 11.1. The maximum absolute atomic E-state index is 11.8. The van der Waals surface area contributed by atoms with E-state index in [-0.39, 0.29) is 11.3 Å². The zero-order chi connectivity index (χ0) is 17.4. The van der Waals surface area contributed by atoms with Crippen molar-refractivity contribution in [1.29, 1.82) is 0 Å². The van der Waals surface area contributed by atoms with E-state index in [2.05, 4.69) is 38.2 Å². The van der Waals surface area contributed by atoms with Crippen LogP contribution in [0.4, 0.5) is 0 Å². The smallest absolute Gasteiger partial charge is 0.220 e. The Bertz CT molecular complexity index is 627. The molecule has 0 atom stereocenters. The van der Waals surface area contributed by atoms with Gasteiger partial charge in [-0.05, 0) is 35.1 Å².